The molecule has 0 atom stereocenters. The van der Waals surface area contributed by atoms with Gasteiger partial charge in [0.15, 0.2) is 0 Å². The van der Waals surface area contributed by atoms with E-state index in [1.165, 1.54) is 15.9 Å². The van der Waals surface area contributed by atoms with Crippen molar-refractivity contribution in [2.24, 2.45) is 5.92 Å². The summed E-state index contributed by atoms with van der Waals surface area (Å²) in [5.74, 6) is 0.237. The molecule has 0 radical (unpaired) electrons. The number of carbonyl (C=O) groups is 1. The molecule has 4 rings (SSSR count). The average molecular weight is 447 g/mol. The second kappa shape index (κ2) is 10.1. The van der Waals surface area contributed by atoms with Gasteiger partial charge in [-0.3, -0.25) is 9.59 Å². The number of rotatable bonds is 8. The van der Waals surface area contributed by atoms with Crippen molar-refractivity contribution in [3.05, 3.63) is 21.6 Å². The van der Waals surface area contributed by atoms with Gasteiger partial charge in [0.1, 0.15) is 0 Å². The van der Waals surface area contributed by atoms with E-state index in [2.05, 4.69) is 34.1 Å². The lowest BCUT2D eigenvalue weighted by Gasteiger charge is -2.30. The van der Waals surface area contributed by atoms with Crippen LogP contribution in [0.1, 0.15) is 57.2 Å². The Kier molecular flexibility index (Phi) is 7.22. The van der Waals surface area contributed by atoms with Crippen molar-refractivity contribution >= 4 is 27.3 Å². The summed E-state index contributed by atoms with van der Waals surface area (Å²) in [5.41, 5.74) is 1.81. The molecule has 1 N–H and O–H groups in total. The monoisotopic (exact) mass is 446 g/mol. The molecule has 1 saturated heterocycles. The third-order valence-corrected chi connectivity index (χ3v) is 7.62. The van der Waals surface area contributed by atoms with Gasteiger partial charge >= 0.3 is 0 Å². The molecule has 2 aromatic heterocycles. The van der Waals surface area contributed by atoms with Crippen LogP contribution in [0.3, 0.4) is 0 Å². The number of anilines is 1. The maximum Gasteiger partial charge on any atom is 0.278 e. The lowest BCUT2D eigenvalue weighted by molar-refractivity contribution is -0.125. The third-order valence-electron chi connectivity index (χ3n) is 6.65. The first-order valence-electron chi connectivity index (χ1n) is 11.8. The van der Waals surface area contributed by atoms with Gasteiger partial charge in [-0.1, -0.05) is 25.2 Å². The van der Waals surface area contributed by atoms with Crippen LogP contribution in [0, 0.1) is 5.92 Å². The number of nitrogens with one attached hydrogen (secondary N) is 1. The Balaban J connectivity index is 1.31. The highest BCUT2D eigenvalue weighted by atomic mass is 32.1. The van der Waals surface area contributed by atoms with Gasteiger partial charge in [-0.15, -0.1) is 5.10 Å². The molecule has 170 valence electrons. The zero-order valence-electron chi connectivity index (χ0n) is 18.7. The average Bonchev–Trinajstić information content (AvgIpc) is 3.24. The maximum absolute atomic E-state index is 12.8. The molecule has 0 aromatic carbocycles. The molecule has 3 heterocycles. The minimum atomic E-state index is 0.00109. The van der Waals surface area contributed by atoms with Crippen LogP contribution >= 0.6 is 11.3 Å². The van der Waals surface area contributed by atoms with E-state index in [1.807, 2.05) is 0 Å². The SMILES string of the molecule is CCN(CC)CCCNC(=O)C1CCN(c2nn3c(=O)c4c(nc3s2)CCCC4)CC1. The Labute approximate surface area is 187 Å². The van der Waals surface area contributed by atoms with Crippen molar-refractivity contribution in [3.63, 3.8) is 0 Å². The number of hydrogen-bond acceptors (Lipinski definition) is 7. The minimum absolute atomic E-state index is 0.00109. The number of fused-ring (bicyclic) bond motifs is 2. The van der Waals surface area contributed by atoms with E-state index >= 15 is 0 Å². The largest absolute Gasteiger partial charge is 0.356 e. The van der Waals surface area contributed by atoms with Crippen LogP contribution < -0.4 is 15.8 Å². The van der Waals surface area contributed by atoms with E-state index in [0.29, 0.717) is 4.96 Å². The van der Waals surface area contributed by atoms with Crippen LogP contribution in [0.25, 0.3) is 4.96 Å². The van der Waals surface area contributed by atoms with Gasteiger partial charge in [0.2, 0.25) is 16.0 Å². The molecule has 1 fully saturated rings. The van der Waals surface area contributed by atoms with Gasteiger partial charge in [-0.05, 0) is 64.6 Å². The minimum Gasteiger partial charge on any atom is -0.356 e. The molecule has 0 unspecified atom stereocenters. The van der Waals surface area contributed by atoms with Gasteiger partial charge in [-0.2, -0.15) is 4.52 Å². The lowest BCUT2D eigenvalue weighted by atomic mass is 9.96. The first-order valence-corrected chi connectivity index (χ1v) is 12.6. The molecular weight excluding hydrogens is 412 g/mol. The Hall–Kier alpha value is -2.00. The van der Waals surface area contributed by atoms with Crippen LogP contribution in [0.4, 0.5) is 5.13 Å². The standard InChI is InChI=1S/C22H34N6O2S/c1-3-26(4-2)13-7-12-23-19(29)16-10-14-27(15-11-16)22-25-28-20(30)17-8-5-6-9-18(17)24-21(28)31-22/h16H,3-15H2,1-2H3,(H,23,29). The number of aryl methyl sites for hydroxylation is 1. The second-order valence-corrected chi connectivity index (χ2v) is 9.50. The predicted octanol–water partition coefficient (Wildman–Crippen LogP) is 2.09. The van der Waals surface area contributed by atoms with Crippen molar-refractivity contribution in [1.82, 2.24) is 24.8 Å². The maximum atomic E-state index is 12.8. The van der Waals surface area contributed by atoms with Crippen LogP contribution in [-0.4, -0.2) is 64.7 Å². The Bertz CT molecular complexity index is 959. The number of piperidine rings is 1. The highest BCUT2D eigenvalue weighted by Crippen LogP contribution is 2.28. The number of hydrogen-bond donors (Lipinski definition) is 1. The van der Waals surface area contributed by atoms with Gasteiger partial charge in [-0.25, -0.2) is 4.98 Å². The molecule has 0 bridgehead atoms. The van der Waals surface area contributed by atoms with Crippen LogP contribution in [0.15, 0.2) is 4.79 Å². The van der Waals surface area contributed by atoms with E-state index in [9.17, 15) is 9.59 Å². The van der Waals surface area contributed by atoms with Crippen LogP contribution in [0.2, 0.25) is 0 Å². The van der Waals surface area contributed by atoms with Crippen molar-refractivity contribution < 1.29 is 4.79 Å². The quantitative estimate of drug-likeness (QED) is 0.626. The molecule has 2 aliphatic rings. The van der Waals surface area contributed by atoms with Crippen molar-refractivity contribution in [2.45, 2.75) is 58.8 Å². The van der Waals surface area contributed by atoms with Gasteiger partial charge in [0, 0.05) is 31.1 Å². The Morgan fingerprint density at radius 2 is 1.94 bits per heavy atom. The van der Waals surface area contributed by atoms with E-state index in [0.717, 1.165) is 101 Å². The normalized spacial score (nSPS) is 17.3. The number of carbonyl (C=O) groups excluding carboxylic acids is 1. The summed E-state index contributed by atoms with van der Waals surface area (Å²) < 4.78 is 1.48. The van der Waals surface area contributed by atoms with Gasteiger partial charge < -0.3 is 15.1 Å². The summed E-state index contributed by atoms with van der Waals surface area (Å²) in [6.45, 7) is 9.78. The Morgan fingerprint density at radius 1 is 1.19 bits per heavy atom. The van der Waals surface area contributed by atoms with Crippen LogP contribution in [-0.2, 0) is 17.6 Å². The topological polar surface area (TPSA) is 82.8 Å². The Morgan fingerprint density at radius 3 is 2.68 bits per heavy atom. The van der Waals surface area contributed by atoms with Crippen molar-refractivity contribution in [2.75, 3.05) is 44.2 Å². The number of amides is 1. The summed E-state index contributed by atoms with van der Waals surface area (Å²) in [7, 11) is 0. The third kappa shape index (κ3) is 4.92. The first kappa shape index (κ1) is 22.2. The van der Waals surface area contributed by atoms with Gasteiger partial charge in [0.05, 0.1) is 5.69 Å². The fourth-order valence-electron chi connectivity index (χ4n) is 4.62. The second-order valence-electron chi connectivity index (χ2n) is 8.56. The zero-order chi connectivity index (χ0) is 21.8. The van der Waals surface area contributed by atoms with Crippen molar-refractivity contribution in [3.8, 4) is 0 Å². The van der Waals surface area contributed by atoms with Gasteiger partial charge in [0.25, 0.3) is 5.56 Å². The molecule has 1 aliphatic heterocycles. The molecule has 0 spiro atoms. The van der Waals surface area contributed by atoms with E-state index in [1.54, 1.807) is 0 Å². The molecule has 9 heteroatoms. The van der Waals surface area contributed by atoms with E-state index in [4.69, 9.17) is 4.98 Å². The summed E-state index contributed by atoms with van der Waals surface area (Å²) in [4.78, 5) is 35.3. The highest BCUT2D eigenvalue weighted by molar-refractivity contribution is 7.20. The smallest absolute Gasteiger partial charge is 0.278 e. The molecule has 1 aliphatic carbocycles. The van der Waals surface area contributed by atoms with E-state index < -0.39 is 0 Å². The first-order chi connectivity index (χ1) is 15.1. The lowest BCUT2D eigenvalue weighted by Crippen LogP contribution is -2.41. The zero-order valence-corrected chi connectivity index (χ0v) is 19.5. The fourth-order valence-corrected chi connectivity index (χ4v) is 5.59. The molecule has 2 aromatic rings. The van der Waals surface area contributed by atoms with E-state index in [-0.39, 0.29) is 17.4 Å². The molecule has 1 amide bonds. The highest BCUT2D eigenvalue weighted by Gasteiger charge is 2.27. The molecule has 0 saturated carbocycles. The number of nitrogens with zero attached hydrogens (tertiary/aromatic N) is 5. The van der Waals surface area contributed by atoms with Crippen molar-refractivity contribution in [1.29, 1.82) is 0 Å². The molecule has 31 heavy (non-hydrogen) atoms. The van der Waals surface area contributed by atoms with Crippen LogP contribution in [0.5, 0.6) is 0 Å². The fraction of sp³-hybridized carbons (Fsp3) is 0.727. The summed E-state index contributed by atoms with van der Waals surface area (Å²) in [6, 6.07) is 0. The summed E-state index contributed by atoms with van der Waals surface area (Å²) >= 11 is 1.49. The molecule has 8 nitrogen and oxygen atoms in total. The summed E-state index contributed by atoms with van der Waals surface area (Å²) in [5, 5.41) is 8.54. The molecular formula is C22H34N6O2S. The summed E-state index contributed by atoms with van der Waals surface area (Å²) in [6.07, 6.45) is 6.48. The number of aromatic nitrogens is 3. The predicted molar refractivity (Wildman–Crippen MR) is 124 cm³/mol.